The highest BCUT2D eigenvalue weighted by atomic mass is 15.1. The molecule has 1 heterocycles. The highest BCUT2D eigenvalue weighted by molar-refractivity contribution is 4.80. The number of hydrogen-bond acceptors (Lipinski definition) is 1. The molecule has 0 radical (unpaired) electrons. The average molecular weight is 229 g/mol. The van der Waals surface area contributed by atoms with Gasteiger partial charge in [-0.15, -0.1) is 0 Å². The molecule has 0 atom stereocenters. The maximum absolute atomic E-state index is 2.47. The van der Waals surface area contributed by atoms with E-state index in [9.17, 15) is 0 Å². The third-order valence-electron chi connectivity index (χ3n) is 3.33. The lowest BCUT2D eigenvalue weighted by molar-refractivity contribution is 0.127. The van der Waals surface area contributed by atoms with Gasteiger partial charge in [0.2, 0.25) is 0 Å². The predicted molar refractivity (Wildman–Crippen MR) is 77.1 cm³/mol. The summed E-state index contributed by atoms with van der Waals surface area (Å²) in [6, 6.07) is 0. The van der Waals surface area contributed by atoms with Crippen LogP contribution >= 0.6 is 0 Å². The van der Waals surface area contributed by atoms with E-state index in [1.54, 1.807) is 0 Å². The molecule has 100 valence electrons. The van der Waals surface area contributed by atoms with E-state index in [1.807, 2.05) is 27.7 Å². The van der Waals surface area contributed by atoms with Crippen LogP contribution in [0.25, 0.3) is 0 Å². The second-order valence-corrected chi connectivity index (χ2v) is 4.72. The van der Waals surface area contributed by atoms with E-state index in [1.165, 1.54) is 45.2 Å². The molecule has 0 unspecified atom stereocenters. The Hall–Kier alpha value is -0.0400. The Morgan fingerprint density at radius 1 is 1.00 bits per heavy atom. The maximum Gasteiger partial charge on any atom is -0.00166 e. The van der Waals surface area contributed by atoms with Crippen LogP contribution in [-0.4, -0.2) is 25.0 Å². The lowest BCUT2D eigenvalue weighted by Gasteiger charge is -2.38. The largest absolute Gasteiger partial charge is 0.306 e. The molecule has 0 aliphatic carbocycles. The zero-order valence-corrected chi connectivity index (χ0v) is 12.9. The second kappa shape index (κ2) is 11.4. The summed E-state index contributed by atoms with van der Waals surface area (Å²) in [4.78, 5) is 2.45. The normalized spacial score (nSPS) is 18.9. The summed E-state index contributed by atoms with van der Waals surface area (Å²) in [5.74, 6) is 0. The van der Waals surface area contributed by atoms with Crippen LogP contribution in [0, 0.1) is 5.41 Å². The summed E-state index contributed by atoms with van der Waals surface area (Å²) in [5, 5.41) is 0. The number of piperidine rings is 1. The fourth-order valence-corrected chi connectivity index (χ4v) is 2.01. The van der Waals surface area contributed by atoms with Crippen LogP contribution < -0.4 is 0 Å². The molecule has 0 saturated carbocycles. The summed E-state index contributed by atoms with van der Waals surface area (Å²) >= 11 is 0. The predicted octanol–water partition coefficient (Wildman–Crippen LogP) is 4.96. The van der Waals surface area contributed by atoms with Crippen LogP contribution in [0.15, 0.2) is 0 Å². The number of hydrogen-bond donors (Lipinski definition) is 0. The molecule has 16 heavy (non-hydrogen) atoms. The summed E-state index contributed by atoms with van der Waals surface area (Å²) < 4.78 is 0. The Balaban J connectivity index is 0. The fourth-order valence-electron chi connectivity index (χ4n) is 2.01. The zero-order chi connectivity index (χ0) is 13.0. The van der Waals surface area contributed by atoms with Crippen molar-refractivity contribution < 1.29 is 0 Å². The third kappa shape index (κ3) is 8.15. The minimum atomic E-state index is 0.669. The lowest BCUT2D eigenvalue weighted by Crippen LogP contribution is -2.36. The van der Waals surface area contributed by atoms with E-state index in [0.717, 1.165) is 0 Å². The van der Waals surface area contributed by atoms with Gasteiger partial charge in [0.15, 0.2) is 0 Å². The number of likely N-dealkylation sites (tertiary alicyclic amines) is 1. The number of unbranched alkanes of at least 4 members (excludes halogenated alkanes) is 1. The van der Waals surface area contributed by atoms with Crippen molar-refractivity contribution in [2.75, 3.05) is 20.1 Å². The first-order valence-electron chi connectivity index (χ1n) is 7.35. The van der Waals surface area contributed by atoms with Crippen LogP contribution in [0.2, 0.25) is 0 Å². The van der Waals surface area contributed by atoms with Crippen molar-refractivity contribution in [1.82, 2.24) is 4.90 Å². The van der Waals surface area contributed by atoms with Crippen molar-refractivity contribution in [3.63, 3.8) is 0 Å². The van der Waals surface area contributed by atoms with Crippen LogP contribution in [0.5, 0.6) is 0 Å². The van der Waals surface area contributed by atoms with Gasteiger partial charge in [-0.2, -0.15) is 0 Å². The fraction of sp³-hybridized carbons (Fsp3) is 1.00. The quantitative estimate of drug-likeness (QED) is 0.661. The molecule has 0 aromatic heterocycles. The Bertz CT molecular complexity index is 118. The Morgan fingerprint density at radius 2 is 1.44 bits per heavy atom. The Labute approximate surface area is 105 Å². The smallest absolute Gasteiger partial charge is 0.00166 e. The zero-order valence-electron chi connectivity index (χ0n) is 12.9. The molecule has 1 fully saturated rings. The molecule has 0 spiro atoms. The van der Waals surface area contributed by atoms with Gasteiger partial charge in [-0.25, -0.2) is 0 Å². The van der Waals surface area contributed by atoms with E-state index in [0.29, 0.717) is 5.41 Å². The van der Waals surface area contributed by atoms with Crippen molar-refractivity contribution in [3.05, 3.63) is 0 Å². The average Bonchev–Trinajstić information content (AvgIpc) is 2.36. The standard InChI is InChI=1S/C11H23N.2C2H6/c1-4-5-6-11(2)7-9-12(3)10-8-11;2*1-2/h4-10H2,1-3H3;2*1-2H3. The van der Waals surface area contributed by atoms with Crippen molar-refractivity contribution >= 4 is 0 Å². The van der Waals surface area contributed by atoms with Gasteiger partial charge in [-0.3, -0.25) is 0 Å². The molecule has 0 bridgehead atoms. The van der Waals surface area contributed by atoms with Crippen LogP contribution in [-0.2, 0) is 0 Å². The molecule has 0 aromatic carbocycles. The molecule has 1 rings (SSSR count). The number of rotatable bonds is 3. The summed E-state index contributed by atoms with van der Waals surface area (Å²) in [5.41, 5.74) is 0.669. The SMILES string of the molecule is CC.CC.CCCCC1(C)CCN(C)CC1. The molecule has 1 heteroatoms. The van der Waals surface area contributed by atoms with Gasteiger partial charge in [0.25, 0.3) is 0 Å². The van der Waals surface area contributed by atoms with Crippen molar-refractivity contribution in [1.29, 1.82) is 0 Å². The van der Waals surface area contributed by atoms with Crippen LogP contribution in [0.3, 0.4) is 0 Å². The monoisotopic (exact) mass is 229 g/mol. The van der Waals surface area contributed by atoms with Crippen molar-refractivity contribution in [3.8, 4) is 0 Å². The van der Waals surface area contributed by atoms with Gasteiger partial charge in [0, 0.05) is 0 Å². The topological polar surface area (TPSA) is 3.24 Å². The maximum atomic E-state index is 2.47. The van der Waals surface area contributed by atoms with Gasteiger partial charge in [0.1, 0.15) is 0 Å². The molecule has 0 aromatic rings. The highest BCUT2D eigenvalue weighted by Crippen LogP contribution is 2.35. The minimum Gasteiger partial charge on any atom is -0.306 e. The molecule has 1 nitrogen and oxygen atoms in total. The molecule has 0 N–H and O–H groups in total. The molecule has 1 saturated heterocycles. The van der Waals surface area contributed by atoms with Crippen molar-refractivity contribution in [2.45, 2.75) is 73.6 Å². The molecule has 0 amide bonds. The van der Waals surface area contributed by atoms with Gasteiger partial charge < -0.3 is 4.90 Å². The molecule has 1 aliphatic rings. The van der Waals surface area contributed by atoms with E-state index in [2.05, 4.69) is 25.8 Å². The van der Waals surface area contributed by atoms with Gasteiger partial charge in [-0.1, -0.05) is 54.4 Å². The van der Waals surface area contributed by atoms with Gasteiger partial charge in [0.05, 0.1) is 0 Å². The number of nitrogens with zero attached hydrogens (tertiary/aromatic N) is 1. The lowest BCUT2D eigenvalue weighted by atomic mass is 9.76. The first-order chi connectivity index (χ1) is 7.66. The van der Waals surface area contributed by atoms with E-state index < -0.39 is 0 Å². The molecule has 1 aliphatic heterocycles. The summed E-state index contributed by atoms with van der Waals surface area (Å²) in [6.07, 6.45) is 7.02. The van der Waals surface area contributed by atoms with E-state index in [-0.39, 0.29) is 0 Å². The Kier molecular flexibility index (Phi) is 13.1. The summed E-state index contributed by atoms with van der Waals surface area (Å²) in [6.45, 7) is 15.4. The van der Waals surface area contributed by atoms with E-state index >= 15 is 0 Å². The highest BCUT2D eigenvalue weighted by Gasteiger charge is 2.27. The third-order valence-corrected chi connectivity index (χ3v) is 3.33. The second-order valence-electron chi connectivity index (χ2n) is 4.72. The molecular formula is C15H35N. The molecular weight excluding hydrogens is 194 g/mol. The van der Waals surface area contributed by atoms with Crippen LogP contribution in [0.1, 0.15) is 73.6 Å². The first kappa shape index (κ1) is 18.3. The Morgan fingerprint density at radius 3 is 1.81 bits per heavy atom. The van der Waals surface area contributed by atoms with Crippen LogP contribution in [0.4, 0.5) is 0 Å². The van der Waals surface area contributed by atoms with E-state index in [4.69, 9.17) is 0 Å². The van der Waals surface area contributed by atoms with Crippen molar-refractivity contribution in [2.24, 2.45) is 5.41 Å². The van der Waals surface area contributed by atoms with Gasteiger partial charge >= 0.3 is 0 Å². The first-order valence-corrected chi connectivity index (χ1v) is 7.35. The summed E-state index contributed by atoms with van der Waals surface area (Å²) in [7, 11) is 2.24. The van der Waals surface area contributed by atoms with Gasteiger partial charge in [-0.05, 0) is 44.8 Å². The minimum absolute atomic E-state index is 0.669.